The van der Waals surface area contributed by atoms with Crippen molar-refractivity contribution in [3.05, 3.63) is 53.4 Å². The Morgan fingerprint density at radius 3 is 2.48 bits per heavy atom. The molecule has 1 aliphatic rings. The second kappa shape index (κ2) is 13.0. The number of aromatic nitrogens is 1. The quantitative estimate of drug-likeness (QED) is 0.315. The Morgan fingerprint density at radius 2 is 1.87 bits per heavy atom. The molecule has 0 saturated carbocycles. The first-order valence-electron chi connectivity index (χ1n) is 11.0. The largest absolute Gasteiger partial charge is 0.364 e. The van der Waals surface area contributed by atoms with Gasteiger partial charge in [0, 0.05) is 57.9 Å². The van der Waals surface area contributed by atoms with Crippen LogP contribution in [0.1, 0.15) is 37.6 Å². The van der Waals surface area contributed by atoms with Crippen LogP contribution in [0.4, 0.5) is 0 Å². The van der Waals surface area contributed by atoms with Crippen molar-refractivity contribution < 1.29 is 4.52 Å². The summed E-state index contributed by atoms with van der Waals surface area (Å²) < 4.78 is 4.95. The van der Waals surface area contributed by atoms with Crippen LogP contribution in [0.5, 0.6) is 0 Å². The molecule has 0 bridgehead atoms. The van der Waals surface area contributed by atoms with Gasteiger partial charge >= 0.3 is 0 Å². The fourth-order valence-electron chi connectivity index (χ4n) is 3.57. The molecule has 1 aromatic heterocycles. The lowest BCUT2D eigenvalue weighted by Crippen LogP contribution is -2.52. The first-order valence-corrected chi connectivity index (χ1v) is 11.0. The third kappa shape index (κ3) is 7.76. The molecule has 1 N–H and O–H groups in total. The van der Waals surface area contributed by atoms with E-state index < -0.39 is 0 Å². The number of aliphatic imine (C=N–C) groups is 1. The van der Waals surface area contributed by atoms with Crippen LogP contribution in [0.3, 0.4) is 0 Å². The Balaban J connectivity index is 0.00000341. The maximum Gasteiger partial charge on any atom is 0.194 e. The summed E-state index contributed by atoms with van der Waals surface area (Å²) >= 11 is 0. The molecule has 8 heteroatoms. The highest BCUT2D eigenvalue weighted by Gasteiger charge is 2.20. The predicted octanol–water partition coefficient (Wildman–Crippen LogP) is 3.42. The minimum absolute atomic E-state index is 0. The number of halogens is 1. The van der Waals surface area contributed by atoms with Gasteiger partial charge in [0.15, 0.2) is 5.96 Å². The number of hydrogen-bond acceptors (Lipinski definition) is 5. The lowest BCUT2D eigenvalue weighted by molar-refractivity contribution is 0.169. The van der Waals surface area contributed by atoms with E-state index in [9.17, 15) is 0 Å². The molecular weight excluding hydrogens is 503 g/mol. The van der Waals surface area contributed by atoms with E-state index in [0.29, 0.717) is 12.6 Å². The maximum absolute atomic E-state index is 4.99. The van der Waals surface area contributed by atoms with E-state index in [1.807, 2.05) is 6.07 Å². The highest BCUT2D eigenvalue weighted by Crippen LogP contribution is 2.14. The fraction of sp³-hybridized carbons (Fsp3) is 0.565. The topological polar surface area (TPSA) is 60.1 Å². The number of nitrogens with zero attached hydrogens (tertiary/aromatic N) is 5. The van der Waals surface area contributed by atoms with E-state index in [0.717, 1.165) is 57.5 Å². The van der Waals surface area contributed by atoms with Crippen molar-refractivity contribution in [3.8, 4) is 0 Å². The minimum atomic E-state index is 0. The third-order valence-corrected chi connectivity index (χ3v) is 5.70. The lowest BCUT2D eigenvalue weighted by Gasteiger charge is -2.36. The first kappa shape index (κ1) is 25.6. The highest BCUT2D eigenvalue weighted by atomic mass is 127. The number of piperazine rings is 1. The predicted molar refractivity (Wildman–Crippen MR) is 137 cm³/mol. The van der Waals surface area contributed by atoms with Gasteiger partial charge in [-0.1, -0.05) is 29.4 Å². The van der Waals surface area contributed by atoms with Crippen LogP contribution in [0.15, 0.2) is 46.1 Å². The van der Waals surface area contributed by atoms with Crippen molar-refractivity contribution >= 4 is 29.9 Å². The average Bonchev–Trinajstić information content (AvgIpc) is 3.25. The van der Waals surface area contributed by atoms with E-state index in [4.69, 9.17) is 9.52 Å². The van der Waals surface area contributed by atoms with Crippen LogP contribution in [-0.2, 0) is 19.6 Å². The van der Waals surface area contributed by atoms with Gasteiger partial charge in [-0.15, -0.1) is 24.0 Å². The van der Waals surface area contributed by atoms with Crippen molar-refractivity contribution in [1.29, 1.82) is 0 Å². The van der Waals surface area contributed by atoms with Crippen LogP contribution in [0.2, 0.25) is 0 Å². The Hall–Kier alpha value is -1.65. The van der Waals surface area contributed by atoms with Gasteiger partial charge in [-0.05, 0) is 38.9 Å². The monoisotopic (exact) mass is 540 g/mol. The molecule has 0 unspecified atom stereocenters. The summed E-state index contributed by atoms with van der Waals surface area (Å²) in [6, 6.07) is 11.1. The summed E-state index contributed by atoms with van der Waals surface area (Å²) in [5.74, 6) is 1.01. The normalized spacial score (nSPS) is 15.4. The molecule has 0 atom stereocenters. The molecule has 1 saturated heterocycles. The molecule has 1 aliphatic heterocycles. The van der Waals surface area contributed by atoms with Crippen molar-refractivity contribution in [2.24, 2.45) is 4.99 Å². The Kier molecular flexibility index (Phi) is 10.8. The first-order chi connectivity index (χ1) is 14.6. The van der Waals surface area contributed by atoms with E-state index >= 15 is 0 Å². The molecule has 0 aliphatic carbocycles. The van der Waals surface area contributed by atoms with Crippen LogP contribution >= 0.6 is 24.0 Å². The number of rotatable bonds is 8. The van der Waals surface area contributed by atoms with Gasteiger partial charge in [0.1, 0.15) is 6.26 Å². The molecule has 0 spiro atoms. The van der Waals surface area contributed by atoms with Crippen LogP contribution in [-0.4, -0.2) is 71.6 Å². The molecule has 31 heavy (non-hydrogen) atoms. The molecule has 0 amide bonds. The maximum atomic E-state index is 4.99. The van der Waals surface area contributed by atoms with Gasteiger partial charge in [-0.25, -0.2) is 4.99 Å². The Labute approximate surface area is 203 Å². The number of guanidine groups is 1. The van der Waals surface area contributed by atoms with Gasteiger partial charge in [0.2, 0.25) is 0 Å². The van der Waals surface area contributed by atoms with E-state index in [1.165, 1.54) is 11.1 Å². The van der Waals surface area contributed by atoms with Crippen molar-refractivity contribution in [2.45, 2.75) is 46.4 Å². The number of nitrogens with one attached hydrogen (secondary N) is 1. The molecule has 2 heterocycles. The van der Waals surface area contributed by atoms with E-state index in [1.54, 1.807) is 6.26 Å². The summed E-state index contributed by atoms with van der Waals surface area (Å²) in [6.07, 6.45) is 1.64. The highest BCUT2D eigenvalue weighted by molar-refractivity contribution is 14.0. The number of hydrogen-bond donors (Lipinski definition) is 1. The van der Waals surface area contributed by atoms with Gasteiger partial charge in [-0.3, -0.25) is 9.80 Å². The zero-order valence-corrected chi connectivity index (χ0v) is 21.6. The average molecular weight is 540 g/mol. The smallest absolute Gasteiger partial charge is 0.194 e. The minimum Gasteiger partial charge on any atom is -0.364 e. The second-order valence-corrected chi connectivity index (χ2v) is 8.20. The molecule has 1 fully saturated rings. The van der Waals surface area contributed by atoms with Crippen LogP contribution in [0, 0.1) is 0 Å². The SMILES string of the molecule is CCNC(=NCc1ccccc1CN(C)C(C)C)N1CCN(Cc2ccon2)CC1.I. The Morgan fingerprint density at radius 1 is 1.16 bits per heavy atom. The summed E-state index contributed by atoms with van der Waals surface area (Å²) in [5.41, 5.74) is 3.64. The van der Waals surface area contributed by atoms with Crippen molar-refractivity contribution in [3.63, 3.8) is 0 Å². The lowest BCUT2D eigenvalue weighted by atomic mass is 10.1. The molecule has 0 radical (unpaired) electrons. The van der Waals surface area contributed by atoms with Crippen LogP contribution < -0.4 is 5.32 Å². The van der Waals surface area contributed by atoms with Crippen LogP contribution in [0.25, 0.3) is 0 Å². The summed E-state index contributed by atoms with van der Waals surface area (Å²) in [6.45, 7) is 13.8. The fourth-order valence-corrected chi connectivity index (χ4v) is 3.57. The van der Waals surface area contributed by atoms with Gasteiger partial charge in [-0.2, -0.15) is 0 Å². The molecular formula is C23H37IN6O. The van der Waals surface area contributed by atoms with Crippen molar-refractivity contribution in [1.82, 2.24) is 25.2 Å². The molecule has 172 valence electrons. The summed E-state index contributed by atoms with van der Waals surface area (Å²) in [7, 11) is 2.17. The molecule has 7 nitrogen and oxygen atoms in total. The zero-order chi connectivity index (χ0) is 21.3. The summed E-state index contributed by atoms with van der Waals surface area (Å²) in [4.78, 5) is 12.1. The number of benzene rings is 1. The Bertz CT molecular complexity index is 787. The zero-order valence-electron chi connectivity index (χ0n) is 19.3. The van der Waals surface area contributed by atoms with Gasteiger partial charge in [0.25, 0.3) is 0 Å². The molecule has 3 rings (SSSR count). The van der Waals surface area contributed by atoms with E-state index in [2.05, 4.69) is 77.3 Å². The standard InChI is InChI=1S/C23H36N6O.HI/c1-5-24-23(29-13-11-28(12-14-29)18-22-10-15-30-26-22)25-16-20-8-6-7-9-21(20)17-27(4)19(2)3;/h6-10,15,19H,5,11-14,16-18H2,1-4H3,(H,24,25);1H. The summed E-state index contributed by atoms with van der Waals surface area (Å²) in [5, 5.41) is 7.51. The van der Waals surface area contributed by atoms with Crippen molar-refractivity contribution in [2.75, 3.05) is 39.8 Å². The third-order valence-electron chi connectivity index (χ3n) is 5.70. The molecule has 2 aromatic rings. The van der Waals surface area contributed by atoms with E-state index in [-0.39, 0.29) is 24.0 Å². The second-order valence-electron chi connectivity index (χ2n) is 8.20. The van der Waals surface area contributed by atoms with Gasteiger partial charge in [0.05, 0.1) is 12.2 Å². The molecule has 1 aromatic carbocycles. The van der Waals surface area contributed by atoms with Gasteiger partial charge < -0.3 is 14.7 Å².